The zero-order chi connectivity index (χ0) is 9.84. The Kier molecular flexibility index (Phi) is 3.18. The summed E-state index contributed by atoms with van der Waals surface area (Å²) < 4.78 is 11.1. The average Bonchev–Trinajstić information content (AvgIpc) is 2.16. The van der Waals surface area contributed by atoms with Crippen LogP contribution in [0.4, 0.5) is 0 Å². The largest absolute Gasteiger partial charge is 0.486 e. The molecule has 0 aromatic rings. The van der Waals surface area contributed by atoms with Gasteiger partial charge in [-0.2, -0.15) is 0 Å². The molecule has 2 heteroatoms. The SMILES string of the molecule is C=C/C(C)=C1/OCCOC1=C(C)C. The van der Waals surface area contributed by atoms with Crippen LogP contribution < -0.4 is 0 Å². The highest BCUT2D eigenvalue weighted by Gasteiger charge is 2.17. The van der Waals surface area contributed by atoms with Crippen molar-refractivity contribution >= 4 is 0 Å². The summed E-state index contributed by atoms with van der Waals surface area (Å²) in [6.07, 6.45) is 1.78. The van der Waals surface area contributed by atoms with Gasteiger partial charge in [0.05, 0.1) is 0 Å². The number of hydrogen-bond donors (Lipinski definition) is 0. The first-order valence-electron chi connectivity index (χ1n) is 4.43. The van der Waals surface area contributed by atoms with E-state index in [-0.39, 0.29) is 0 Å². The van der Waals surface area contributed by atoms with Gasteiger partial charge in [0.25, 0.3) is 0 Å². The van der Waals surface area contributed by atoms with Crippen molar-refractivity contribution in [3.8, 4) is 0 Å². The number of hydrogen-bond acceptors (Lipinski definition) is 2. The Balaban J connectivity index is 3.06. The van der Waals surface area contributed by atoms with Crippen molar-refractivity contribution in [3.05, 3.63) is 35.3 Å². The Morgan fingerprint density at radius 3 is 2.15 bits per heavy atom. The quantitative estimate of drug-likeness (QED) is 0.617. The highest BCUT2D eigenvalue weighted by molar-refractivity contribution is 5.33. The van der Waals surface area contributed by atoms with E-state index in [1.807, 2.05) is 20.8 Å². The molecule has 0 amide bonds. The Hall–Kier alpha value is -1.18. The highest BCUT2D eigenvalue weighted by Crippen LogP contribution is 2.24. The van der Waals surface area contributed by atoms with Crippen molar-refractivity contribution in [2.24, 2.45) is 0 Å². The molecule has 0 aromatic heterocycles. The number of allylic oxidation sites excluding steroid dienone is 3. The van der Waals surface area contributed by atoms with Crippen LogP contribution in [0, 0.1) is 0 Å². The zero-order valence-corrected chi connectivity index (χ0v) is 8.52. The first-order valence-corrected chi connectivity index (χ1v) is 4.43. The van der Waals surface area contributed by atoms with E-state index in [2.05, 4.69) is 6.58 Å². The van der Waals surface area contributed by atoms with E-state index < -0.39 is 0 Å². The summed E-state index contributed by atoms with van der Waals surface area (Å²) in [5.41, 5.74) is 2.16. The summed E-state index contributed by atoms with van der Waals surface area (Å²) >= 11 is 0. The molecule has 1 rings (SSSR count). The summed E-state index contributed by atoms with van der Waals surface area (Å²) in [7, 11) is 0. The topological polar surface area (TPSA) is 18.5 Å². The predicted octanol–water partition coefficient (Wildman–Crippen LogP) is 2.79. The molecule has 0 spiro atoms. The third-order valence-corrected chi connectivity index (χ3v) is 1.90. The Labute approximate surface area is 79.5 Å². The summed E-state index contributed by atoms with van der Waals surface area (Å²) in [4.78, 5) is 0. The molecule has 0 bridgehead atoms. The van der Waals surface area contributed by atoms with Gasteiger partial charge in [-0.1, -0.05) is 12.7 Å². The molecule has 0 radical (unpaired) electrons. The lowest BCUT2D eigenvalue weighted by Gasteiger charge is -2.23. The average molecular weight is 180 g/mol. The van der Waals surface area contributed by atoms with E-state index in [1.165, 1.54) is 0 Å². The molecule has 1 fully saturated rings. The van der Waals surface area contributed by atoms with Crippen molar-refractivity contribution in [2.75, 3.05) is 13.2 Å². The van der Waals surface area contributed by atoms with Crippen LogP contribution in [0.1, 0.15) is 20.8 Å². The second kappa shape index (κ2) is 4.17. The lowest BCUT2D eigenvalue weighted by Crippen LogP contribution is -2.16. The second-order valence-electron chi connectivity index (χ2n) is 3.24. The Morgan fingerprint density at radius 1 is 1.15 bits per heavy atom. The lowest BCUT2D eigenvalue weighted by molar-refractivity contribution is 0.0564. The molecule has 0 atom stereocenters. The third-order valence-electron chi connectivity index (χ3n) is 1.90. The van der Waals surface area contributed by atoms with Crippen LogP contribution in [0.15, 0.2) is 35.3 Å². The fourth-order valence-electron chi connectivity index (χ4n) is 1.18. The van der Waals surface area contributed by atoms with Crippen molar-refractivity contribution in [2.45, 2.75) is 20.8 Å². The minimum absolute atomic E-state index is 0.622. The predicted molar refractivity (Wildman–Crippen MR) is 53.2 cm³/mol. The maximum Gasteiger partial charge on any atom is 0.164 e. The van der Waals surface area contributed by atoms with Crippen LogP contribution >= 0.6 is 0 Å². The van der Waals surface area contributed by atoms with Crippen molar-refractivity contribution in [3.63, 3.8) is 0 Å². The van der Waals surface area contributed by atoms with Gasteiger partial charge in [0, 0.05) is 0 Å². The molecule has 2 nitrogen and oxygen atoms in total. The lowest BCUT2D eigenvalue weighted by atomic mass is 10.1. The molecule has 1 aliphatic rings. The van der Waals surface area contributed by atoms with Crippen LogP contribution in [0.2, 0.25) is 0 Å². The van der Waals surface area contributed by atoms with Gasteiger partial charge in [-0.15, -0.1) is 0 Å². The van der Waals surface area contributed by atoms with E-state index in [0.29, 0.717) is 13.2 Å². The molecule has 72 valence electrons. The third kappa shape index (κ3) is 2.14. The molecule has 1 aliphatic heterocycles. The van der Waals surface area contributed by atoms with Gasteiger partial charge < -0.3 is 9.47 Å². The van der Waals surface area contributed by atoms with E-state index in [1.54, 1.807) is 6.08 Å². The summed E-state index contributed by atoms with van der Waals surface area (Å²) in [6, 6.07) is 0. The smallest absolute Gasteiger partial charge is 0.164 e. The van der Waals surface area contributed by atoms with E-state index in [0.717, 1.165) is 22.7 Å². The van der Waals surface area contributed by atoms with Gasteiger partial charge in [0.1, 0.15) is 13.2 Å². The van der Waals surface area contributed by atoms with Crippen LogP contribution in [-0.2, 0) is 9.47 Å². The monoisotopic (exact) mass is 180 g/mol. The Morgan fingerprint density at radius 2 is 1.69 bits per heavy atom. The van der Waals surface area contributed by atoms with E-state index in [9.17, 15) is 0 Å². The molecule has 0 unspecified atom stereocenters. The van der Waals surface area contributed by atoms with Gasteiger partial charge in [0.2, 0.25) is 0 Å². The highest BCUT2D eigenvalue weighted by atomic mass is 16.6. The molecule has 13 heavy (non-hydrogen) atoms. The summed E-state index contributed by atoms with van der Waals surface area (Å²) in [5.74, 6) is 1.70. The normalized spacial score (nSPS) is 20.1. The standard InChI is InChI=1S/C11H16O2/c1-5-9(4)11-10(8(2)3)12-6-7-13-11/h5H,1,6-7H2,2-4H3/b11-9+. The maximum atomic E-state index is 5.53. The van der Waals surface area contributed by atoms with Crippen molar-refractivity contribution < 1.29 is 9.47 Å². The van der Waals surface area contributed by atoms with Crippen LogP contribution in [0.3, 0.4) is 0 Å². The number of ether oxygens (including phenoxy) is 2. The second-order valence-corrected chi connectivity index (χ2v) is 3.24. The molecular formula is C11H16O2. The van der Waals surface area contributed by atoms with Gasteiger partial charge in [-0.05, 0) is 31.9 Å². The minimum Gasteiger partial charge on any atom is -0.486 e. The fourth-order valence-corrected chi connectivity index (χ4v) is 1.18. The maximum absolute atomic E-state index is 5.53. The molecule has 0 aromatic carbocycles. The van der Waals surface area contributed by atoms with Gasteiger partial charge in [-0.25, -0.2) is 0 Å². The van der Waals surface area contributed by atoms with Gasteiger partial charge >= 0.3 is 0 Å². The summed E-state index contributed by atoms with van der Waals surface area (Å²) in [6.45, 7) is 11.0. The van der Waals surface area contributed by atoms with Gasteiger partial charge in [0.15, 0.2) is 11.5 Å². The van der Waals surface area contributed by atoms with E-state index >= 15 is 0 Å². The van der Waals surface area contributed by atoms with Crippen LogP contribution in [0.5, 0.6) is 0 Å². The van der Waals surface area contributed by atoms with Crippen molar-refractivity contribution in [1.29, 1.82) is 0 Å². The Bertz CT molecular complexity index is 268. The first-order chi connectivity index (χ1) is 6.16. The van der Waals surface area contributed by atoms with Crippen molar-refractivity contribution in [1.82, 2.24) is 0 Å². The van der Waals surface area contributed by atoms with Gasteiger partial charge in [-0.3, -0.25) is 0 Å². The van der Waals surface area contributed by atoms with E-state index in [4.69, 9.17) is 9.47 Å². The molecule has 0 aliphatic carbocycles. The molecule has 1 heterocycles. The molecule has 0 N–H and O–H groups in total. The molecule has 0 saturated carbocycles. The number of rotatable bonds is 1. The van der Waals surface area contributed by atoms with Crippen LogP contribution in [-0.4, -0.2) is 13.2 Å². The zero-order valence-electron chi connectivity index (χ0n) is 8.52. The van der Waals surface area contributed by atoms with Crippen LogP contribution in [0.25, 0.3) is 0 Å². The summed E-state index contributed by atoms with van der Waals surface area (Å²) in [5, 5.41) is 0. The molecular weight excluding hydrogens is 164 g/mol. The molecule has 1 saturated heterocycles. The fraction of sp³-hybridized carbons (Fsp3) is 0.455. The first kappa shape index (κ1) is 9.90. The minimum atomic E-state index is 0.622.